The summed E-state index contributed by atoms with van der Waals surface area (Å²) >= 11 is 6.01. The average molecular weight is 323 g/mol. The summed E-state index contributed by atoms with van der Waals surface area (Å²) in [5.41, 5.74) is 4.05. The Labute approximate surface area is 139 Å². The molecular weight excluding hydrogens is 308 g/mol. The van der Waals surface area contributed by atoms with Gasteiger partial charge in [0.25, 0.3) is 0 Å². The molecular formula is C19H15ClN2O. The van der Waals surface area contributed by atoms with Crippen molar-refractivity contribution in [3.8, 4) is 6.07 Å². The Hall–Kier alpha value is -2.57. The van der Waals surface area contributed by atoms with Crippen molar-refractivity contribution < 1.29 is 4.79 Å². The first kappa shape index (κ1) is 15.3. The van der Waals surface area contributed by atoms with Gasteiger partial charge in [-0.05, 0) is 36.8 Å². The van der Waals surface area contributed by atoms with E-state index in [1.807, 2.05) is 35.7 Å². The highest BCUT2D eigenvalue weighted by Gasteiger charge is 2.21. The minimum absolute atomic E-state index is 0.0445. The Bertz CT molecular complexity index is 934. The smallest absolute Gasteiger partial charge is 0.195 e. The molecule has 0 unspecified atom stereocenters. The summed E-state index contributed by atoms with van der Waals surface area (Å²) in [6, 6.07) is 14.9. The molecule has 0 N–H and O–H groups in total. The average Bonchev–Trinajstić information content (AvgIpc) is 2.84. The van der Waals surface area contributed by atoms with E-state index in [0.717, 1.165) is 16.8 Å². The molecule has 3 aromatic rings. The fourth-order valence-corrected chi connectivity index (χ4v) is 3.13. The second-order valence-corrected chi connectivity index (χ2v) is 5.84. The summed E-state index contributed by atoms with van der Waals surface area (Å²) in [5.74, 6) is -0.0445. The van der Waals surface area contributed by atoms with Gasteiger partial charge in [0.1, 0.15) is 0 Å². The lowest BCUT2D eigenvalue weighted by atomic mass is 9.99. The third-order valence-corrected chi connectivity index (χ3v) is 4.24. The second kappa shape index (κ2) is 6.28. The molecule has 0 radical (unpaired) electrons. The molecule has 0 saturated carbocycles. The SMILES string of the molecule is Cc1c(C(=O)c2cccc(Cl)c2)c2ccccn2c1CCC#N. The van der Waals surface area contributed by atoms with Crippen LogP contribution in [0.4, 0.5) is 0 Å². The van der Waals surface area contributed by atoms with E-state index in [9.17, 15) is 4.79 Å². The molecule has 0 atom stereocenters. The van der Waals surface area contributed by atoms with Crippen molar-refractivity contribution in [2.45, 2.75) is 19.8 Å². The van der Waals surface area contributed by atoms with E-state index in [4.69, 9.17) is 16.9 Å². The molecule has 0 aliphatic rings. The van der Waals surface area contributed by atoms with Crippen molar-refractivity contribution >= 4 is 22.9 Å². The van der Waals surface area contributed by atoms with Crippen molar-refractivity contribution in [2.75, 3.05) is 0 Å². The molecule has 0 fully saturated rings. The number of nitrogens with zero attached hydrogens (tertiary/aromatic N) is 2. The van der Waals surface area contributed by atoms with E-state index < -0.39 is 0 Å². The van der Waals surface area contributed by atoms with Gasteiger partial charge in [0.2, 0.25) is 0 Å². The maximum atomic E-state index is 13.0. The number of carbonyl (C=O) groups excluding carboxylic acids is 1. The first-order valence-electron chi connectivity index (χ1n) is 7.39. The van der Waals surface area contributed by atoms with Crippen LogP contribution in [0.25, 0.3) is 5.52 Å². The lowest BCUT2D eigenvalue weighted by Gasteiger charge is -2.02. The molecule has 1 aromatic carbocycles. The lowest BCUT2D eigenvalue weighted by molar-refractivity contribution is 0.104. The predicted molar refractivity (Wildman–Crippen MR) is 91.0 cm³/mol. The van der Waals surface area contributed by atoms with E-state index in [2.05, 4.69) is 6.07 Å². The summed E-state index contributed by atoms with van der Waals surface area (Å²) in [4.78, 5) is 13.0. The number of aromatic nitrogens is 1. The number of halogens is 1. The molecule has 0 aliphatic heterocycles. The number of hydrogen-bond acceptors (Lipinski definition) is 2. The number of carbonyl (C=O) groups is 1. The molecule has 2 aromatic heterocycles. The van der Waals surface area contributed by atoms with Crippen LogP contribution in [0, 0.1) is 18.3 Å². The van der Waals surface area contributed by atoms with Gasteiger partial charge in [-0.2, -0.15) is 5.26 Å². The Balaban J connectivity index is 2.19. The van der Waals surface area contributed by atoms with Crippen molar-refractivity contribution in [3.05, 3.63) is 76.1 Å². The molecule has 3 nitrogen and oxygen atoms in total. The summed E-state index contributed by atoms with van der Waals surface area (Å²) < 4.78 is 2.00. The molecule has 2 heterocycles. The summed E-state index contributed by atoms with van der Waals surface area (Å²) in [6.07, 6.45) is 2.98. The zero-order chi connectivity index (χ0) is 16.4. The van der Waals surface area contributed by atoms with Crippen LogP contribution in [-0.4, -0.2) is 10.2 Å². The predicted octanol–water partition coefficient (Wildman–Crippen LogP) is 4.59. The quantitative estimate of drug-likeness (QED) is 0.659. The van der Waals surface area contributed by atoms with Crippen LogP contribution in [0.3, 0.4) is 0 Å². The molecule has 0 saturated heterocycles. The molecule has 0 bridgehead atoms. The summed E-state index contributed by atoms with van der Waals surface area (Å²) in [7, 11) is 0. The van der Waals surface area contributed by atoms with Gasteiger partial charge in [-0.3, -0.25) is 4.79 Å². The first-order chi connectivity index (χ1) is 11.1. The Morgan fingerprint density at radius 2 is 2.09 bits per heavy atom. The summed E-state index contributed by atoms with van der Waals surface area (Å²) in [5, 5.41) is 9.42. The van der Waals surface area contributed by atoms with Crippen molar-refractivity contribution in [2.24, 2.45) is 0 Å². The number of fused-ring (bicyclic) bond motifs is 1. The fourth-order valence-electron chi connectivity index (χ4n) is 2.94. The van der Waals surface area contributed by atoms with Crippen LogP contribution in [0.5, 0.6) is 0 Å². The van der Waals surface area contributed by atoms with Gasteiger partial charge in [0.15, 0.2) is 5.78 Å². The molecule has 0 spiro atoms. The highest BCUT2D eigenvalue weighted by atomic mass is 35.5. The van der Waals surface area contributed by atoms with Crippen LogP contribution in [0.1, 0.15) is 33.6 Å². The number of rotatable bonds is 4. The maximum absolute atomic E-state index is 13.0. The Morgan fingerprint density at radius 1 is 1.26 bits per heavy atom. The number of nitriles is 1. The largest absolute Gasteiger partial charge is 0.320 e. The van der Waals surface area contributed by atoms with Gasteiger partial charge in [-0.1, -0.05) is 29.8 Å². The first-order valence-corrected chi connectivity index (χ1v) is 7.77. The minimum atomic E-state index is -0.0445. The molecule has 0 aliphatic carbocycles. The van der Waals surface area contributed by atoms with Gasteiger partial charge in [0.05, 0.1) is 17.1 Å². The molecule has 0 amide bonds. The number of pyridine rings is 1. The number of hydrogen-bond donors (Lipinski definition) is 0. The van der Waals surface area contributed by atoms with Crippen LogP contribution in [-0.2, 0) is 6.42 Å². The lowest BCUT2D eigenvalue weighted by Crippen LogP contribution is -2.02. The molecule has 23 heavy (non-hydrogen) atoms. The fraction of sp³-hybridized carbons (Fsp3) is 0.158. The van der Waals surface area contributed by atoms with Crippen LogP contribution < -0.4 is 0 Å². The monoisotopic (exact) mass is 322 g/mol. The number of benzene rings is 1. The van der Waals surface area contributed by atoms with Crippen LogP contribution >= 0.6 is 11.6 Å². The normalized spacial score (nSPS) is 10.7. The third-order valence-electron chi connectivity index (χ3n) is 4.00. The second-order valence-electron chi connectivity index (χ2n) is 5.40. The van der Waals surface area contributed by atoms with Gasteiger partial charge < -0.3 is 4.40 Å². The molecule has 3 rings (SSSR count). The van der Waals surface area contributed by atoms with Crippen LogP contribution in [0.15, 0.2) is 48.7 Å². The molecule has 4 heteroatoms. The standard InChI is InChI=1S/C19H15ClN2O/c1-13-16(9-5-10-21)22-11-3-2-8-17(22)18(13)19(23)14-6-4-7-15(20)12-14/h2-4,6-8,11-12H,5,9H2,1H3. The van der Waals surface area contributed by atoms with E-state index in [1.54, 1.807) is 24.3 Å². The number of ketones is 1. The Kier molecular flexibility index (Phi) is 4.18. The van der Waals surface area contributed by atoms with Crippen molar-refractivity contribution in [3.63, 3.8) is 0 Å². The van der Waals surface area contributed by atoms with Gasteiger partial charge in [-0.15, -0.1) is 0 Å². The van der Waals surface area contributed by atoms with E-state index in [1.165, 1.54) is 0 Å². The van der Waals surface area contributed by atoms with Gasteiger partial charge in [0, 0.05) is 35.3 Å². The zero-order valence-corrected chi connectivity index (χ0v) is 13.5. The van der Waals surface area contributed by atoms with E-state index in [0.29, 0.717) is 29.0 Å². The maximum Gasteiger partial charge on any atom is 0.195 e. The third kappa shape index (κ3) is 2.74. The highest BCUT2D eigenvalue weighted by molar-refractivity contribution is 6.31. The summed E-state index contributed by atoms with van der Waals surface area (Å²) in [6.45, 7) is 1.94. The topological polar surface area (TPSA) is 45.3 Å². The van der Waals surface area contributed by atoms with Gasteiger partial charge >= 0.3 is 0 Å². The van der Waals surface area contributed by atoms with Gasteiger partial charge in [-0.25, -0.2) is 0 Å². The highest BCUT2D eigenvalue weighted by Crippen LogP contribution is 2.27. The number of aryl methyl sites for hydroxylation is 1. The van der Waals surface area contributed by atoms with Crippen LogP contribution in [0.2, 0.25) is 5.02 Å². The minimum Gasteiger partial charge on any atom is -0.320 e. The van der Waals surface area contributed by atoms with E-state index in [-0.39, 0.29) is 5.78 Å². The van der Waals surface area contributed by atoms with E-state index >= 15 is 0 Å². The Morgan fingerprint density at radius 3 is 2.83 bits per heavy atom. The van der Waals surface area contributed by atoms with Crippen molar-refractivity contribution in [1.29, 1.82) is 5.26 Å². The van der Waals surface area contributed by atoms with Crippen molar-refractivity contribution in [1.82, 2.24) is 4.40 Å². The molecule has 114 valence electrons. The zero-order valence-electron chi connectivity index (χ0n) is 12.7.